The van der Waals surface area contributed by atoms with Gasteiger partial charge in [0.1, 0.15) is 5.58 Å². The van der Waals surface area contributed by atoms with Gasteiger partial charge in [0.05, 0.1) is 6.54 Å². The number of nitrogens with zero attached hydrogens (tertiary/aromatic N) is 3. The summed E-state index contributed by atoms with van der Waals surface area (Å²) in [6, 6.07) is 133. The van der Waals surface area contributed by atoms with Crippen LogP contribution in [0.3, 0.4) is 0 Å². The second-order valence-corrected chi connectivity index (χ2v) is 30.9. The fraction of sp³-hybridized carbons (Fsp3) is 0.131. The van der Waals surface area contributed by atoms with Crippen molar-refractivity contribution in [2.24, 2.45) is 15.8 Å². The van der Waals surface area contributed by atoms with Crippen molar-refractivity contribution in [1.29, 1.82) is 0 Å². The third-order valence-corrected chi connectivity index (χ3v) is 19.3. The van der Waals surface area contributed by atoms with Gasteiger partial charge in [-0.2, -0.15) is 172 Å². The maximum absolute atomic E-state index is 5.13. The van der Waals surface area contributed by atoms with E-state index in [2.05, 4.69) is 265 Å². The predicted octanol–water partition coefficient (Wildman–Crippen LogP) is 24.8. The first-order valence-electron chi connectivity index (χ1n) is 35.4. The van der Waals surface area contributed by atoms with E-state index in [9.17, 15) is 0 Å². The zero-order valence-electron chi connectivity index (χ0n) is 63.6. The number of hydrogen-bond acceptors (Lipinski definition) is 1. The molecule has 0 fully saturated rings. The molecule has 13 rings (SSSR count). The Morgan fingerprint density at radius 2 is 0.533 bits per heavy atom. The number of rotatable bonds is 14. The molecule has 0 saturated heterocycles. The van der Waals surface area contributed by atoms with Gasteiger partial charge < -0.3 is 16.0 Å². The van der Waals surface area contributed by atoms with Crippen LogP contribution in [0.2, 0.25) is 0 Å². The van der Waals surface area contributed by atoms with Crippen LogP contribution in [0, 0.1) is 59.3 Å². The van der Waals surface area contributed by atoms with E-state index in [1.54, 1.807) is 0 Å². The quantitative estimate of drug-likeness (QED) is 0.0502. The Labute approximate surface area is 687 Å². The molecule has 8 heteroatoms. The van der Waals surface area contributed by atoms with Crippen molar-refractivity contribution in [1.82, 2.24) is 5.32 Å². The third kappa shape index (κ3) is 44.0. The molecule has 546 valence electrons. The Morgan fingerprint density at radius 1 is 0.308 bits per heavy atom. The summed E-state index contributed by atoms with van der Waals surface area (Å²) < 4.78 is 0. The summed E-state index contributed by atoms with van der Waals surface area (Å²) >= 11 is 0. The first-order valence-corrected chi connectivity index (χ1v) is 38.1. The predicted molar refractivity (Wildman–Crippen MR) is 464 cm³/mol. The first-order chi connectivity index (χ1) is 50.8. The van der Waals surface area contributed by atoms with Gasteiger partial charge in [0.25, 0.3) is 0 Å². The Kier molecular flexibility index (Phi) is 47.7. The van der Waals surface area contributed by atoms with E-state index in [4.69, 9.17) is 15.6 Å². The fourth-order valence-corrected chi connectivity index (χ4v) is 13.6. The number of aliphatic imine (C=N–C) groups is 1. The van der Waals surface area contributed by atoms with Crippen LogP contribution in [0.4, 0.5) is 0 Å². The molecule has 0 aliphatic carbocycles. The Morgan fingerprint density at radius 3 is 0.757 bits per heavy atom. The van der Waals surface area contributed by atoms with Gasteiger partial charge in [0.2, 0.25) is 0 Å². The van der Waals surface area contributed by atoms with E-state index >= 15 is 0 Å². The van der Waals surface area contributed by atoms with Gasteiger partial charge in [-0.1, -0.05) is 285 Å². The summed E-state index contributed by atoms with van der Waals surface area (Å²) in [7, 11) is -1.42. The molecular weight excluding hydrogens is 1490 g/mol. The summed E-state index contributed by atoms with van der Waals surface area (Å²) in [5.41, 5.74) is 11.4. The van der Waals surface area contributed by atoms with Crippen molar-refractivity contribution in [2.75, 3.05) is 13.1 Å². The van der Waals surface area contributed by atoms with Crippen LogP contribution in [-0.2, 0) is 65.5 Å². The van der Waals surface area contributed by atoms with Crippen molar-refractivity contribution in [2.45, 2.75) is 60.5 Å². The molecule has 1 unspecified atom stereocenters. The summed E-state index contributed by atoms with van der Waals surface area (Å²) in [6.45, 7) is 42.6. The van der Waals surface area contributed by atoms with Crippen molar-refractivity contribution in [3.8, 4) is 0 Å². The van der Waals surface area contributed by atoms with Crippen LogP contribution >= 0.6 is 15.8 Å². The smallest absolute Gasteiger partial charge is 0.673 e. The Hall–Kier alpha value is -9.03. The average molecular weight is 1600 g/mol. The van der Waals surface area contributed by atoms with Crippen molar-refractivity contribution in [3.63, 3.8) is 0 Å². The molecule has 0 saturated carbocycles. The SMILES string of the molecule is CC(C)(C)CNC(=NCc1ccccc1)P(c1ccccc1)c1ccccc1.CC(C)(C)C[N-]C([N-]Cc1ccccc1)P(c1ccccc1)c1ccccc1.[CH2-]c1ccccc1.[CH2-]c1ccccc1.[CH2-]c1ccccc1.[CH2-]c1ccccc1.[CH2-]c1ccccc1.[CH2-]c1ccccc1.[CH2-]c1ccccc1.[Zr+4].[Zr]. The first kappa shape index (κ1) is 92.2. The summed E-state index contributed by atoms with van der Waals surface area (Å²) in [5.74, 6) is -0.0563. The number of benzene rings is 13. The topological polar surface area (TPSA) is 52.6 Å². The van der Waals surface area contributed by atoms with Gasteiger partial charge in [-0.15, -0.1) is 98.0 Å². The Bertz CT molecular complexity index is 3760. The normalized spacial score (nSPS) is 10.5. The van der Waals surface area contributed by atoms with E-state index < -0.39 is 15.8 Å². The fourth-order valence-electron chi connectivity index (χ4n) is 9.13. The second kappa shape index (κ2) is 55.4. The van der Waals surface area contributed by atoms with Gasteiger partial charge in [-0.05, 0) is 32.2 Å². The van der Waals surface area contributed by atoms with Gasteiger partial charge in [0.15, 0.2) is 0 Å². The maximum atomic E-state index is 5.13. The molecule has 0 bridgehead atoms. The summed E-state index contributed by atoms with van der Waals surface area (Å²) in [6.07, 6.45) is 0. The number of hydrogen-bond donors (Lipinski definition) is 1. The summed E-state index contributed by atoms with van der Waals surface area (Å²) in [5, 5.41) is 19.2. The van der Waals surface area contributed by atoms with Crippen molar-refractivity contribution < 1.29 is 52.4 Å². The van der Waals surface area contributed by atoms with Crippen LogP contribution in [-0.4, -0.2) is 24.6 Å². The van der Waals surface area contributed by atoms with Crippen LogP contribution in [0.1, 0.15) is 91.6 Å². The molecule has 107 heavy (non-hydrogen) atoms. The van der Waals surface area contributed by atoms with E-state index in [0.29, 0.717) is 13.1 Å². The van der Waals surface area contributed by atoms with E-state index in [1.165, 1.54) is 32.3 Å². The molecule has 13 aromatic carbocycles. The van der Waals surface area contributed by atoms with Crippen LogP contribution in [0.15, 0.2) is 399 Å². The number of nitrogens with one attached hydrogen (secondary N) is 1. The molecule has 0 heterocycles. The number of amidine groups is 1. The molecule has 1 N–H and O–H groups in total. The Balaban J connectivity index is 0.000000340. The molecule has 4 nitrogen and oxygen atoms in total. The minimum absolute atomic E-state index is 0. The van der Waals surface area contributed by atoms with E-state index in [1.807, 2.05) is 224 Å². The van der Waals surface area contributed by atoms with Crippen molar-refractivity contribution in [3.05, 3.63) is 503 Å². The second-order valence-electron chi connectivity index (χ2n) is 26.6. The van der Waals surface area contributed by atoms with Gasteiger partial charge in [-0.25, -0.2) is 5.91 Å². The van der Waals surface area contributed by atoms with Gasteiger partial charge >= 0.3 is 26.2 Å². The van der Waals surface area contributed by atoms with Gasteiger partial charge in [-0.3, -0.25) is 4.99 Å². The molecule has 13 aromatic rings. The molecule has 0 amide bonds. The molecule has 0 spiro atoms. The monoisotopic (exact) mass is 1590 g/mol. The van der Waals surface area contributed by atoms with Gasteiger partial charge in [0, 0.05) is 40.7 Å². The summed E-state index contributed by atoms with van der Waals surface area (Å²) in [4.78, 5) is 5.08. The van der Waals surface area contributed by atoms with Crippen LogP contribution in [0.25, 0.3) is 10.6 Å². The molecule has 0 aliphatic heterocycles. The molecule has 0 aliphatic rings. The third-order valence-electron chi connectivity index (χ3n) is 14.5. The van der Waals surface area contributed by atoms with Crippen LogP contribution in [0.5, 0.6) is 0 Å². The van der Waals surface area contributed by atoms with E-state index in [-0.39, 0.29) is 69.1 Å². The standard InChI is InChI=1S/2C25H29N2P.7C7H7.2Zr/c2*1-25(2,3)20-27-24(26-19-21-13-7-4-8-14-21)28(22-15-9-5-10-16-22)23-17-11-6-12-18-23;7*1-7-5-3-2-4-6-7;;/h4-18H,19-20H2,1-3H3,(H,26,27);4-18,24H,19-20H2,1-3H3;7*2-6H,1H2;;/q;-2;7*-1;;+4. The zero-order valence-corrected chi connectivity index (χ0v) is 70.3. The van der Waals surface area contributed by atoms with E-state index in [0.717, 1.165) is 57.6 Å². The van der Waals surface area contributed by atoms with Crippen LogP contribution < -0.4 is 26.5 Å². The molecular formula is C99H107N4P2Zr2-5. The van der Waals surface area contributed by atoms with Crippen molar-refractivity contribution >= 4 is 42.6 Å². The minimum Gasteiger partial charge on any atom is -0.673 e. The zero-order chi connectivity index (χ0) is 75.4. The molecule has 1 atom stereocenters. The molecule has 0 radical (unpaired) electrons. The average Bonchev–Trinajstić information content (AvgIpc) is 0.826. The maximum Gasteiger partial charge on any atom is 4.00 e. The minimum atomic E-state index is -0.725. The largest absolute Gasteiger partial charge is 4.00 e. The molecule has 0 aromatic heterocycles.